The quantitative estimate of drug-likeness (QED) is 0.297. The van der Waals surface area contributed by atoms with E-state index in [0.717, 1.165) is 12.1 Å². The van der Waals surface area contributed by atoms with E-state index in [-0.39, 0.29) is 0 Å². The summed E-state index contributed by atoms with van der Waals surface area (Å²) in [7, 11) is 0. The normalized spacial score (nSPS) is 14.3. The SMILES string of the molecule is NC1=CC=c2c(ccc3c2=Cc2ccccc2N3c2cc3ccc4cccc5ccc(c2)c3c45)C1. The molecule has 2 aliphatic rings. The highest BCUT2D eigenvalue weighted by atomic mass is 15.1. The Balaban J connectivity index is 1.46. The van der Waals surface area contributed by atoms with Crippen molar-refractivity contribution in [1.82, 2.24) is 0 Å². The van der Waals surface area contributed by atoms with Crippen LogP contribution in [0.1, 0.15) is 11.1 Å². The second kappa shape index (κ2) is 6.74. The molecule has 0 atom stereocenters. The molecule has 6 aromatic rings. The molecule has 35 heavy (non-hydrogen) atoms. The smallest absolute Gasteiger partial charge is 0.0540 e. The molecule has 0 fully saturated rings. The van der Waals surface area contributed by atoms with E-state index in [9.17, 15) is 0 Å². The van der Waals surface area contributed by atoms with E-state index in [0.29, 0.717) is 0 Å². The molecule has 1 aliphatic heterocycles. The molecule has 8 rings (SSSR count). The van der Waals surface area contributed by atoms with Gasteiger partial charge in [0.1, 0.15) is 0 Å². The van der Waals surface area contributed by atoms with Gasteiger partial charge in [0.25, 0.3) is 0 Å². The first kappa shape index (κ1) is 18.8. The van der Waals surface area contributed by atoms with E-state index in [1.807, 2.05) is 0 Å². The Morgan fingerprint density at radius 1 is 0.600 bits per heavy atom. The molecule has 0 saturated carbocycles. The summed E-state index contributed by atoms with van der Waals surface area (Å²) in [5, 5.41) is 10.4. The van der Waals surface area contributed by atoms with Gasteiger partial charge in [0, 0.05) is 23.0 Å². The van der Waals surface area contributed by atoms with Crippen molar-refractivity contribution < 1.29 is 0 Å². The van der Waals surface area contributed by atoms with Crippen LogP contribution in [0.4, 0.5) is 17.1 Å². The number of nitrogens with zero attached hydrogens (tertiary/aromatic N) is 1. The zero-order chi connectivity index (χ0) is 23.1. The van der Waals surface area contributed by atoms with Crippen molar-refractivity contribution in [1.29, 1.82) is 0 Å². The number of hydrogen-bond acceptors (Lipinski definition) is 2. The summed E-state index contributed by atoms with van der Waals surface area (Å²) in [6, 6.07) is 33.5. The molecule has 1 heterocycles. The summed E-state index contributed by atoms with van der Waals surface area (Å²) < 4.78 is 0. The minimum absolute atomic E-state index is 0.801. The minimum Gasteiger partial charge on any atom is -0.402 e. The molecule has 0 bridgehead atoms. The average molecular weight is 447 g/mol. The van der Waals surface area contributed by atoms with Crippen LogP contribution in [0, 0.1) is 0 Å². The van der Waals surface area contributed by atoms with E-state index >= 15 is 0 Å². The van der Waals surface area contributed by atoms with Crippen LogP contribution >= 0.6 is 0 Å². The molecule has 2 heteroatoms. The maximum Gasteiger partial charge on any atom is 0.0540 e. The van der Waals surface area contributed by atoms with E-state index in [1.54, 1.807) is 0 Å². The fourth-order valence-corrected chi connectivity index (χ4v) is 6.08. The molecule has 6 aromatic carbocycles. The van der Waals surface area contributed by atoms with E-state index in [2.05, 4.69) is 114 Å². The summed E-state index contributed by atoms with van der Waals surface area (Å²) in [5.74, 6) is 0. The second-order valence-corrected chi connectivity index (χ2v) is 9.67. The molecule has 0 saturated heterocycles. The summed E-state index contributed by atoms with van der Waals surface area (Å²) >= 11 is 0. The number of nitrogens with two attached hydrogens (primary N) is 1. The lowest BCUT2D eigenvalue weighted by Gasteiger charge is -2.31. The largest absolute Gasteiger partial charge is 0.402 e. The predicted molar refractivity (Wildman–Crippen MR) is 148 cm³/mol. The monoisotopic (exact) mass is 446 g/mol. The summed E-state index contributed by atoms with van der Waals surface area (Å²) in [5.41, 5.74) is 13.2. The van der Waals surface area contributed by atoms with Crippen LogP contribution < -0.4 is 21.1 Å². The standard InChI is InChI=1S/C33H22N2/c34-26-13-14-28-22(16-26)12-15-31-29(28)19-23-4-1-2-7-30(23)35(31)27-17-24-10-8-20-5-3-6-21-9-11-25(18-27)33(24)32(20)21/h1-15,17-19H,16,34H2. The van der Waals surface area contributed by atoms with Crippen LogP contribution in [0.5, 0.6) is 0 Å². The van der Waals surface area contributed by atoms with Gasteiger partial charge in [-0.05, 0) is 85.1 Å². The third kappa shape index (κ3) is 2.59. The van der Waals surface area contributed by atoms with Crippen LogP contribution in [0.25, 0.3) is 44.5 Å². The fourth-order valence-electron chi connectivity index (χ4n) is 6.08. The molecule has 0 radical (unpaired) electrons. The van der Waals surface area contributed by atoms with Crippen LogP contribution in [0.3, 0.4) is 0 Å². The number of anilines is 3. The van der Waals surface area contributed by atoms with Crippen molar-refractivity contribution in [3.63, 3.8) is 0 Å². The minimum atomic E-state index is 0.801. The molecule has 0 aromatic heterocycles. The van der Waals surface area contributed by atoms with Crippen molar-refractivity contribution >= 4 is 61.5 Å². The van der Waals surface area contributed by atoms with Gasteiger partial charge in [-0.25, -0.2) is 0 Å². The second-order valence-electron chi connectivity index (χ2n) is 9.67. The number of fused-ring (bicyclic) bond motifs is 4. The Hall–Kier alpha value is -4.56. The molecule has 1 aliphatic carbocycles. The Labute approximate surface area is 202 Å². The Morgan fingerprint density at radius 3 is 2.11 bits per heavy atom. The highest BCUT2D eigenvalue weighted by molar-refractivity contribution is 6.23. The number of allylic oxidation sites excluding steroid dienone is 2. The lowest BCUT2D eigenvalue weighted by Crippen LogP contribution is -2.37. The van der Waals surface area contributed by atoms with Gasteiger partial charge in [0.2, 0.25) is 0 Å². The van der Waals surface area contributed by atoms with Gasteiger partial charge in [0.15, 0.2) is 0 Å². The van der Waals surface area contributed by atoms with Crippen LogP contribution in [-0.2, 0) is 6.42 Å². The Morgan fingerprint density at radius 2 is 1.31 bits per heavy atom. The first-order valence-electron chi connectivity index (χ1n) is 12.1. The number of para-hydroxylation sites is 1. The number of hydrogen-bond donors (Lipinski definition) is 1. The molecule has 2 N–H and O–H groups in total. The first-order chi connectivity index (χ1) is 17.2. The van der Waals surface area contributed by atoms with Gasteiger partial charge in [0.05, 0.1) is 11.4 Å². The van der Waals surface area contributed by atoms with Crippen molar-refractivity contribution in [2.24, 2.45) is 5.73 Å². The van der Waals surface area contributed by atoms with Gasteiger partial charge >= 0.3 is 0 Å². The van der Waals surface area contributed by atoms with Crippen molar-refractivity contribution in [3.05, 3.63) is 124 Å². The number of rotatable bonds is 1. The van der Waals surface area contributed by atoms with E-state index in [4.69, 9.17) is 5.73 Å². The zero-order valence-corrected chi connectivity index (χ0v) is 19.1. The van der Waals surface area contributed by atoms with Crippen molar-refractivity contribution in [2.45, 2.75) is 6.42 Å². The third-order valence-corrected chi connectivity index (χ3v) is 7.64. The molecular formula is C33H22N2. The van der Waals surface area contributed by atoms with Crippen LogP contribution in [-0.4, -0.2) is 0 Å². The summed E-state index contributed by atoms with van der Waals surface area (Å²) in [6.07, 6.45) is 7.36. The Bertz CT molecular complexity index is 1930. The van der Waals surface area contributed by atoms with Crippen LogP contribution in [0.2, 0.25) is 0 Å². The third-order valence-electron chi connectivity index (χ3n) is 7.64. The fraction of sp³-hybridized carbons (Fsp3) is 0.0303. The first-order valence-corrected chi connectivity index (χ1v) is 12.1. The maximum atomic E-state index is 6.15. The Kier molecular flexibility index (Phi) is 3.62. The topological polar surface area (TPSA) is 29.3 Å². The lowest BCUT2D eigenvalue weighted by atomic mass is 9.92. The molecule has 0 unspecified atom stereocenters. The van der Waals surface area contributed by atoms with Gasteiger partial charge in [-0.15, -0.1) is 0 Å². The van der Waals surface area contributed by atoms with Crippen LogP contribution in [0.15, 0.2) is 103 Å². The van der Waals surface area contributed by atoms with Gasteiger partial charge in [-0.3, -0.25) is 0 Å². The van der Waals surface area contributed by atoms with E-state index < -0.39 is 0 Å². The molecule has 2 nitrogen and oxygen atoms in total. The van der Waals surface area contributed by atoms with E-state index in [1.165, 1.54) is 70.9 Å². The molecule has 0 amide bonds. The predicted octanol–water partition coefficient (Wildman–Crippen LogP) is 6.38. The number of benzene rings is 6. The van der Waals surface area contributed by atoms with Gasteiger partial charge < -0.3 is 10.6 Å². The highest BCUT2D eigenvalue weighted by Gasteiger charge is 2.22. The lowest BCUT2D eigenvalue weighted by molar-refractivity contribution is 1.07. The highest BCUT2D eigenvalue weighted by Crippen LogP contribution is 2.42. The summed E-state index contributed by atoms with van der Waals surface area (Å²) in [4.78, 5) is 2.43. The van der Waals surface area contributed by atoms with Gasteiger partial charge in [-0.2, -0.15) is 0 Å². The average Bonchev–Trinajstić information content (AvgIpc) is 2.90. The molecule has 0 spiro atoms. The van der Waals surface area contributed by atoms with Crippen molar-refractivity contribution in [3.8, 4) is 0 Å². The van der Waals surface area contributed by atoms with Crippen molar-refractivity contribution in [2.75, 3.05) is 4.90 Å². The molecule has 164 valence electrons. The maximum absolute atomic E-state index is 6.15. The van der Waals surface area contributed by atoms with Gasteiger partial charge in [-0.1, -0.05) is 72.8 Å². The molecular weight excluding hydrogens is 424 g/mol. The summed E-state index contributed by atoms with van der Waals surface area (Å²) in [6.45, 7) is 0. The zero-order valence-electron chi connectivity index (χ0n) is 19.1.